The summed E-state index contributed by atoms with van der Waals surface area (Å²) in [5, 5.41) is 1.41. The van der Waals surface area contributed by atoms with Crippen molar-refractivity contribution in [1.29, 1.82) is 0 Å². The fraction of sp³-hybridized carbons (Fsp3) is 0.476. The maximum atomic E-state index is 12.0. The van der Waals surface area contributed by atoms with Crippen LogP contribution in [-0.2, 0) is 27.8 Å². The zero-order valence-electron chi connectivity index (χ0n) is 16.8. The van der Waals surface area contributed by atoms with Crippen molar-refractivity contribution in [2.75, 3.05) is 0 Å². The van der Waals surface area contributed by atoms with E-state index in [9.17, 15) is 13.0 Å². The van der Waals surface area contributed by atoms with E-state index in [2.05, 4.69) is 19.9 Å². The van der Waals surface area contributed by atoms with Gasteiger partial charge in [0.15, 0.2) is 0 Å². The monoisotopic (exact) mass is 400 g/mol. The second-order valence-electron chi connectivity index (χ2n) is 6.43. The standard InChI is InChI=1S/C20H28O3S.CH2O.Na/c1-3-5-7-11-16-15-17-12-9-10-14-19(17)20(24(21,22)23)18(16)13-8-6-4-2;1-2;/h9-10,12,14-15H,3-8,11,13H2,1-2H3,(H,21,22,23);1H2;/q;;+1/p-1. The zero-order valence-corrected chi connectivity index (χ0v) is 19.6. The molecule has 0 aromatic heterocycles. The Bertz CT molecular complexity index is 803. The van der Waals surface area contributed by atoms with Crippen LogP contribution in [-0.4, -0.2) is 19.8 Å². The van der Waals surface area contributed by atoms with Crippen LogP contribution >= 0.6 is 0 Å². The van der Waals surface area contributed by atoms with Crippen LogP contribution in [0.5, 0.6) is 0 Å². The summed E-state index contributed by atoms with van der Waals surface area (Å²) in [4.78, 5) is 8.02. The average Bonchev–Trinajstić information content (AvgIpc) is 2.62. The maximum absolute atomic E-state index is 12.0. The molecule has 0 saturated carbocycles. The van der Waals surface area contributed by atoms with Crippen LogP contribution in [0.4, 0.5) is 0 Å². The molecule has 0 amide bonds. The molecule has 4 nitrogen and oxygen atoms in total. The molecule has 0 N–H and O–H groups in total. The van der Waals surface area contributed by atoms with E-state index in [4.69, 9.17) is 4.79 Å². The molecule has 0 heterocycles. The number of unbranched alkanes of at least 4 members (excludes halogenated alkanes) is 4. The Morgan fingerprint density at radius 3 is 2.04 bits per heavy atom. The van der Waals surface area contributed by atoms with Gasteiger partial charge in [0.25, 0.3) is 0 Å². The minimum atomic E-state index is -4.50. The van der Waals surface area contributed by atoms with E-state index in [1.165, 1.54) is 0 Å². The van der Waals surface area contributed by atoms with Crippen molar-refractivity contribution in [2.45, 2.75) is 70.1 Å². The van der Waals surface area contributed by atoms with Crippen LogP contribution in [0.2, 0.25) is 0 Å². The Hall–Kier alpha value is -0.720. The minimum Gasteiger partial charge on any atom is -0.744 e. The fourth-order valence-corrected chi connectivity index (χ4v) is 4.30. The number of fused-ring (bicyclic) bond motifs is 1. The average molecular weight is 401 g/mol. The molecule has 0 bridgehead atoms. The molecule has 144 valence electrons. The van der Waals surface area contributed by atoms with Crippen molar-refractivity contribution >= 4 is 27.7 Å². The molecule has 2 rings (SSSR count). The first kappa shape index (κ1) is 26.3. The smallest absolute Gasteiger partial charge is 0.744 e. The van der Waals surface area contributed by atoms with E-state index in [1.807, 2.05) is 18.9 Å². The Morgan fingerprint density at radius 2 is 1.48 bits per heavy atom. The molecule has 0 atom stereocenters. The van der Waals surface area contributed by atoms with Gasteiger partial charge in [0.05, 0.1) is 4.90 Å². The number of aryl methyl sites for hydroxylation is 1. The molecule has 0 radical (unpaired) electrons. The maximum Gasteiger partial charge on any atom is 1.00 e. The second-order valence-corrected chi connectivity index (χ2v) is 7.75. The van der Waals surface area contributed by atoms with Gasteiger partial charge in [-0.05, 0) is 47.6 Å². The van der Waals surface area contributed by atoms with Gasteiger partial charge in [0.2, 0.25) is 0 Å². The van der Waals surface area contributed by atoms with E-state index in [1.54, 1.807) is 12.1 Å². The summed E-state index contributed by atoms with van der Waals surface area (Å²) in [6.45, 7) is 6.27. The number of hydrogen-bond donors (Lipinski definition) is 0. The molecule has 0 spiro atoms. The molecule has 0 aliphatic heterocycles. The van der Waals surface area contributed by atoms with Gasteiger partial charge in [-0.15, -0.1) is 0 Å². The predicted molar refractivity (Wildman–Crippen MR) is 105 cm³/mol. The summed E-state index contributed by atoms with van der Waals surface area (Å²) >= 11 is 0. The van der Waals surface area contributed by atoms with Gasteiger partial charge >= 0.3 is 29.6 Å². The number of benzene rings is 2. The van der Waals surface area contributed by atoms with E-state index < -0.39 is 10.1 Å². The summed E-state index contributed by atoms with van der Waals surface area (Å²) in [5.74, 6) is 0. The third-order valence-corrected chi connectivity index (χ3v) is 5.49. The molecule has 0 aliphatic carbocycles. The molecule has 2 aromatic rings. The van der Waals surface area contributed by atoms with Crippen LogP contribution in [0, 0.1) is 0 Å². The molecule has 0 unspecified atom stereocenters. The Balaban J connectivity index is 0.00000218. The van der Waals surface area contributed by atoms with Crippen LogP contribution in [0.25, 0.3) is 10.8 Å². The van der Waals surface area contributed by atoms with Crippen LogP contribution in [0.1, 0.15) is 63.5 Å². The molecule has 0 fully saturated rings. The van der Waals surface area contributed by atoms with E-state index >= 15 is 0 Å². The van der Waals surface area contributed by atoms with Crippen molar-refractivity contribution in [3.05, 3.63) is 41.5 Å². The van der Waals surface area contributed by atoms with Gasteiger partial charge in [0.1, 0.15) is 16.9 Å². The summed E-state index contributed by atoms with van der Waals surface area (Å²) in [6, 6.07) is 9.41. The minimum absolute atomic E-state index is 0. The summed E-state index contributed by atoms with van der Waals surface area (Å²) in [5.41, 5.74) is 1.79. The third-order valence-electron chi connectivity index (χ3n) is 4.53. The topological polar surface area (TPSA) is 74.3 Å². The first-order valence-electron chi connectivity index (χ1n) is 9.27. The van der Waals surface area contributed by atoms with Gasteiger partial charge < -0.3 is 9.35 Å². The molecule has 27 heavy (non-hydrogen) atoms. The molecular weight excluding hydrogens is 371 g/mol. The number of hydrogen-bond acceptors (Lipinski definition) is 4. The quantitative estimate of drug-likeness (QED) is 0.367. The Kier molecular flexibility index (Phi) is 13.1. The van der Waals surface area contributed by atoms with E-state index in [0.29, 0.717) is 11.8 Å². The summed E-state index contributed by atoms with van der Waals surface area (Å²) in [6.07, 6.45) is 7.77. The number of rotatable bonds is 9. The predicted octanol–water partition coefficient (Wildman–Crippen LogP) is 2.03. The van der Waals surface area contributed by atoms with Gasteiger partial charge in [-0.2, -0.15) is 0 Å². The molecule has 0 saturated heterocycles. The van der Waals surface area contributed by atoms with Crippen LogP contribution < -0.4 is 29.6 Å². The molecule has 6 heteroatoms. The summed E-state index contributed by atoms with van der Waals surface area (Å²) in [7, 11) is -4.50. The second kappa shape index (κ2) is 13.5. The van der Waals surface area contributed by atoms with Gasteiger partial charge in [0, 0.05) is 0 Å². The first-order chi connectivity index (χ1) is 12.5. The zero-order chi connectivity index (χ0) is 19.6. The molecule has 2 aromatic carbocycles. The van der Waals surface area contributed by atoms with Crippen molar-refractivity contribution in [3.63, 3.8) is 0 Å². The normalized spacial score (nSPS) is 10.8. The number of carbonyl (C=O) groups excluding carboxylic acids is 1. The van der Waals surface area contributed by atoms with Crippen molar-refractivity contribution in [1.82, 2.24) is 0 Å². The SMILES string of the molecule is C=O.CCCCCc1cc2ccccc2c(S(=O)(=O)[O-])c1CCCCC.[Na+]. The van der Waals surface area contributed by atoms with E-state index in [-0.39, 0.29) is 34.5 Å². The van der Waals surface area contributed by atoms with E-state index in [0.717, 1.165) is 61.5 Å². The largest absolute Gasteiger partial charge is 1.00 e. The van der Waals surface area contributed by atoms with Crippen molar-refractivity contribution < 1.29 is 47.3 Å². The van der Waals surface area contributed by atoms with Crippen molar-refractivity contribution in [3.8, 4) is 0 Å². The Morgan fingerprint density at radius 1 is 0.926 bits per heavy atom. The van der Waals surface area contributed by atoms with Gasteiger partial charge in [-0.3, -0.25) is 0 Å². The first-order valence-corrected chi connectivity index (χ1v) is 10.7. The molecular formula is C21H29NaO4S. The van der Waals surface area contributed by atoms with Gasteiger partial charge in [-0.25, -0.2) is 8.42 Å². The van der Waals surface area contributed by atoms with Crippen LogP contribution in [0.3, 0.4) is 0 Å². The van der Waals surface area contributed by atoms with Crippen LogP contribution in [0.15, 0.2) is 35.2 Å². The fourth-order valence-electron chi connectivity index (χ4n) is 3.31. The molecule has 0 aliphatic rings. The Labute approximate surface area is 185 Å². The van der Waals surface area contributed by atoms with Gasteiger partial charge in [-0.1, -0.05) is 69.9 Å². The number of carbonyl (C=O) groups is 1. The summed E-state index contributed by atoms with van der Waals surface area (Å²) < 4.78 is 36.1. The van der Waals surface area contributed by atoms with Crippen molar-refractivity contribution in [2.24, 2.45) is 0 Å². The third kappa shape index (κ3) is 7.66.